The van der Waals surface area contributed by atoms with Crippen LogP contribution in [-0.2, 0) is 13.7 Å². The van der Waals surface area contributed by atoms with Crippen LogP contribution in [-0.4, -0.2) is 25.4 Å². The zero-order valence-corrected chi connectivity index (χ0v) is 12.4. The Morgan fingerprint density at radius 2 is 1.60 bits per heavy atom. The quantitative estimate of drug-likeness (QED) is 0.794. The summed E-state index contributed by atoms with van der Waals surface area (Å²) in [6.07, 6.45) is 1.35. The maximum atomic E-state index is 12.5. The molecular formula is C12H15F3O3S2. The lowest BCUT2D eigenvalue weighted by atomic mass is 10.2. The topological polar surface area (TPSA) is 43.4 Å². The van der Waals surface area contributed by atoms with Gasteiger partial charge in [-0.05, 0) is 31.9 Å². The predicted molar refractivity (Wildman–Crippen MR) is 72.1 cm³/mol. The van der Waals surface area contributed by atoms with Gasteiger partial charge in [0.15, 0.2) is 0 Å². The molecule has 8 heteroatoms. The molecule has 0 bridgehead atoms. The van der Waals surface area contributed by atoms with Crippen molar-refractivity contribution < 1.29 is 25.2 Å². The van der Waals surface area contributed by atoms with E-state index in [1.165, 1.54) is 0 Å². The van der Waals surface area contributed by atoms with E-state index in [4.69, 9.17) is 3.63 Å². The van der Waals surface area contributed by atoms with E-state index in [0.717, 1.165) is 5.56 Å². The highest BCUT2D eigenvalue weighted by molar-refractivity contribution is 8.33. The van der Waals surface area contributed by atoms with Crippen molar-refractivity contribution in [3.05, 3.63) is 29.8 Å². The molecule has 1 saturated heterocycles. The van der Waals surface area contributed by atoms with Crippen LogP contribution < -0.4 is 0 Å². The molecule has 0 aromatic heterocycles. The zero-order chi connectivity index (χ0) is 15.0. The minimum Gasteiger partial charge on any atom is -0.209 e. The number of hydrogen-bond acceptors (Lipinski definition) is 3. The molecule has 0 saturated carbocycles. The molecule has 1 aliphatic rings. The molecule has 0 atom stereocenters. The lowest BCUT2D eigenvalue weighted by Crippen LogP contribution is -2.27. The Bertz CT molecular complexity index is 573. The van der Waals surface area contributed by atoms with Gasteiger partial charge in [0.2, 0.25) is 0 Å². The van der Waals surface area contributed by atoms with Gasteiger partial charge in [-0.15, -0.1) is 0 Å². The van der Waals surface area contributed by atoms with E-state index >= 15 is 0 Å². The van der Waals surface area contributed by atoms with Crippen LogP contribution in [0.4, 0.5) is 13.2 Å². The van der Waals surface area contributed by atoms with Crippen molar-refractivity contribution in [3.8, 4) is 0 Å². The summed E-state index contributed by atoms with van der Waals surface area (Å²) >= 11 is 0. The Balaban J connectivity index is 2.39. The summed E-state index contributed by atoms with van der Waals surface area (Å²) in [4.78, 5) is 0.563. The van der Waals surface area contributed by atoms with Crippen LogP contribution in [0.3, 0.4) is 0 Å². The molecule has 2 rings (SSSR count). The maximum Gasteiger partial charge on any atom is 0.523 e. The molecule has 0 N–H and O–H groups in total. The van der Waals surface area contributed by atoms with Crippen LogP contribution in [0.15, 0.2) is 29.2 Å². The second-order valence-corrected chi connectivity index (χ2v) is 9.54. The van der Waals surface area contributed by atoms with Crippen LogP contribution in [0.5, 0.6) is 0 Å². The zero-order valence-electron chi connectivity index (χ0n) is 10.8. The van der Waals surface area contributed by atoms with E-state index in [1.54, 1.807) is 24.3 Å². The van der Waals surface area contributed by atoms with Gasteiger partial charge in [0, 0.05) is 16.4 Å². The summed E-state index contributed by atoms with van der Waals surface area (Å²) in [6.45, 7) is 1.85. The first-order valence-corrected chi connectivity index (χ1v) is 9.35. The van der Waals surface area contributed by atoms with Crippen LogP contribution in [0.1, 0.15) is 18.4 Å². The lowest BCUT2D eigenvalue weighted by molar-refractivity contribution is -0.0496. The monoisotopic (exact) mass is 328 g/mol. The predicted octanol–water partition coefficient (Wildman–Crippen LogP) is 3.73. The minimum atomic E-state index is -5.56. The smallest absolute Gasteiger partial charge is 0.209 e. The Morgan fingerprint density at radius 1 is 1.10 bits per heavy atom. The normalized spacial score (nSPS) is 20.8. The summed E-state index contributed by atoms with van der Waals surface area (Å²) in [5.74, 6) is 0.705. The molecule has 114 valence electrons. The van der Waals surface area contributed by atoms with E-state index in [-0.39, 0.29) is 0 Å². The first kappa shape index (κ1) is 15.7. The fourth-order valence-corrected chi connectivity index (χ4v) is 7.30. The summed E-state index contributed by atoms with van der Waals surface area (Å²) in [6, 6.07) is 6.85. The first-order chi connectivity index (χ1) is 9.16. The fraction of sp³-hybridized carbons (Fsp3) is 0.500. The second-order valence-electron chi connectivity index (χ2n) is 4.71. The first-order valence-electron chi connectivity index (χ1n) is 6.04. The Kier molecular flexibility index (Phi) is 4.10. The van der Waals surface area contributed by atoms with Gasteiger partial charge in [0.25, 0.3) is 0 Å². The van der Waals surface area contributed by atoms with Gasteiger partial charge in [-0.1, -0.05) is 28.0 Å². The van der Waals surface area contributed by atoms with Crippen molar-refractivity contribution in [1.29, 1.82) is 0 Å². The largest absolute Gasteiger partial charge is 0.523 e. The second kappa shape index (κ2) is 5.23. The van der Waals surface area contributed by atoms with E-state index < -0.39 is 25.9 Å². The van der Waals surface area contributed by atoms with Gasteiger partial charge in [0.05, 0.1) is 0 Å². The number of rotatable bonds is 3. The molecule has 0 radical (unpaired) electrons. The highest BCUT2D eigenvalue weighted by atomic mass is 32.3. The molecule has 3 nitrogen and oxygen atoms in total. The summed E-state index contributed by atoms with van der Waals surface area (Å²) < 4.78 is 65.0. The Hall–Kier alpha value is -0.730. The van der Waals surface area contributed by atoms with Gasteiger partial charge in [-0.2, -0.15) is 21.6 Å². The van der Waals surface area contributed by atoms with Gasteiger partial charge >= 0.3 is 15.6 Å². The standard InChI is InChI=1S/C12H15F3O3S2/c1-10-4-6-11(7-5-10)19(8-2-3-9-19)18-20(16,17)12(13,14)15/h4-7H,2-3,8-9H2,1H3. The van der Waals surface area contributed by atoms with Gasteiger partial charge in [-0.3, -0.25) is 0 Å². The number of halogens is 3. The molecule has 1 aromatic rings. The lowest BCUT2D eigenvalue weighted by Gasteiger charge is -2.34. The number of aryl methyl sites for hydroxylation is 1. The Labute approximate surface area is 117 Å². The number of hydrogen-bond donors (Lipinski definition) is 0. The third-order valence-corrected chi connectivity index (χ3v) is 8.51. The fourth-order valence-electron chi connectivity index (χ4n) is 2.11. The average molecular weight is 328 g/mol. The average Bonchev–Trinajstić information content (AvgIpc) is 2.77. The van der Waals surface area contributed by atoms with Crippen molar-refractivity contribution in [2.24, 2.45) is 0 Å². The molecule has 0 spiro atoms. The van der Waals surface area contributed by atoms with Gasteiger partial charge < -0.3 is 0 Å². The van der Waals surface area contributed by atoms with Crippen molar-refractivity contribution >= 4 is 20.4 Å². The van der Waals surface area contributed by atoms with Crippen LogP contribution in [0, 0.1) is 6.92 Å². The van der Waals surface area contributed by atoms with Gasteiger partial charge in [0.1, 0.15) is 0 Å². The van der Waals surface area contributed by atoms with Crippen LogP contribution in [0.2, 0.25) is 0 Å². The van der Waals surface area contributed by atoms with E-state index in [2.05, 4.69) is 0 Å². The van der Waals surface area contributed by atoms with Gasteiger partial charge in [-0.25, -0.2) is 3.63 Å². The van der Waals surface area contributed by atoms with Crippen molar-refractivity contribution in [1.82, 2.24) is 0 Å². The third kappa shape index (κ3) is 2.96. The molecule has 1 aliphatic heterocycles. The minimum absolute atomic E-state index is 0.353. The van der Waals surface area contributed by atoms with Crippen molar-refractivity contribution in [2.75, 3.05) is 11.5 Å². The number of benzene rings is 1. The molecule has 0 unspecified atom stereocenters. The summed E-state index contributed by atoms with van der Waals surface area (Å²) in [5.41, 5.74) is -4.42. The van der Waals surface area contributed by atoms with Crippen molar-refractivity contribution in [3.63, 3.8) is 0 Å². The molecule has 20 heavy (non-hydrogen) atoms. The highest BCUT2D eigenvalue weighted by Crippen LogP contribution is 2.63. The van der Waals surface area contributed by atoms with Crippen LogP contribution >= 0.6 is 10.3 Å². The molecule has 0 aliphatic carbocycles. The Morgan fingerprint density at radius 3 is 2.05 bits per heavy atom. The molecule has 0 amide bonds. The van der Waals surface area contributed by atoms with E-state index in [9.17, 15) is 21.6 Å². The van der Waals surface area contributed by atoms with E-state index in [1.807, 2.05) is 6.92 Å². The third-order valence-electron chi connectivity index (χ3n) is 3.15. The molecule has 1 aromatic carbocycles. The SMILES string of the molecule is Cc1ccc(S2(OS(=O)(=O)C(F)(F)F)CCCC2)cc1. The van der Waals surface area contributed by atoms with E-state index in [0.29, 0.717) is 29.2 Å². The maximum absolute atomic E-state index is 12.5. The highest BCUT2D eigenvalue weighted by Gasteiger charge is 2.51. The summed E-state index contributed by atoms with van der Waals surface area (Å²) in [5, 5.41) is 0. The van der Waals surface area contributed by atoms with Crippen LogP contribution in [0.25, 0.3) is 0 Å². The molecular weight excluding hydrogens is 313 g/mol. The molecule has 1 fully saturated rings. The number of alkyl halides is 3. The molecule has 1 heterocycles. The van der Waals surface area contributed by atoms with Crippen molar-refractivity contribution in [2.45, 2.75) is 30.2 Å². The summed E-state index contributed by atoms with van der Waals surface area (Å²) in [7, 11) is -7.97.